The van der Waals surface area contributed by atoms with Crippen LogP contribution in [-0.4, -0.2) is 19.9 Å². The van der Waals surface area contributed by atoms with Gasteiger partial charge in [0, 0.05) is 29.8 Å². The standard InChI is InChI=1S/C18H15N3O4S/c1-2-21-17(14-4-3-7-24-14)19-20-18(21)26-10-11-8-16(23)25-15-9-12(22)5-6-13(11)15/h3-9,22H,2,10H2,1H3. The second-order valence-electron chi connectivity index (χ2n) is 5.59. The number of benzene rings is 1. The van der Waals surface area contributed by atoms with Gasteiger partial charge < -0.3 is 13.9 Å². The molecule has 4 rings (SSSR count). The molecule has 4 aromatic rings. The van der Waals surface area contributed by atoms with Crippen LogP contribution in [0.1, 0.15) is 12.5 Å². The third-order valence-electron chi connectivity index (χ3n) is 3.95. The molecule has 0 bridgehead atoms. The second kappa shape index (κ2) is 6.72. The highest BCUT2D eigenvalue weighted by Crippen LogP contribution is 2.29. The Hall–Kier alpha value is -3.00. The Morgan fingerprint density at radius 3 is 2.88 bits per heavy atom. The van der Waals surface area contributed by atoms with E-state index in [1.165, 1.54) is 23.9 Å². The molecule has 0 aliphatic heterocycles. The fourth-order valence-electron chi connectivity index (χ4n) is 2.75. The number of fused-ring (bicyclic) bond motifs is 1. The van der Waals surface area contributed by atoms with Crippen molar-refractivity contribution in [2.75, 3.05) is 0 Å². The van der Waals surface area contributed by atoms with Crippen LogP contribution in [-0.2, 0) is 12.3 Å². The lowest BCUT2D eigenvalue weighted by atomic mass is 10.1. The summed E-state index contributed by atoms with van der Waals surface area (Å²) in [7, 11) is 0. The fraction of sp³-hybridized carbons (Fsp3) is 0.167. The van der Waals surface area contributed by atoms with E-state index in [1.54, 1.807) is 18.4 Å². The Bertz CT molecular complexity index is 1120. The first-order valence-corrected chi connectivity index (χ1v) is 9.00. The zero-order valence-corrected chi connectivity index (χ0v) is 14.7. The average Bonchev–Trinajstić information content (AvgIpc) is 3.28. The lowest BCUT2D eigenvalue weighted by molar-refractivity contribution is 0.473. The van der Waals surface area contributed by atoms with Gasteiger partial charge in [0.2, 0.25) is 0 Å². The number of hydrogen-bond donors (Lipinski definition) is 1. The number of aromatic nitrogens is 3. The van der Waals surface area contributed by atoms with Crippen molar-refractivity contribution in [2.45, 2.75) is 24.4 Å². The molecule has 132 valence electrons. The second-order valence-corrected chi connectivity index (χ2v) is 6.53. The van der Waals surface area contributed by atoms with Gasteiger partial charge in [0.05, 0.1) is 6.26 Å². The van der Waals surface area contributed by atoms with Gasteiger partial charge in [0.15, 0.2) is 16.7 Å². The Labute approximate surface area is 152 Å². The van der Waals surface area contributed by atoms with E-state index in [0.717, 1.165) is 16.1 Å². The van der Waals surface area contributed by atoms with E-state index in [4.69, 9.17) is 8.83 Å². The largest absolute Gasteiger partial charge is 0.508 e. The first kappa shape index (κ1) is 16.5. The van der Waals surface area contributed by atoms with Crippen LogP contribution in [0.3, 0.4) is 0 Å². The molecule has 0 atom stereocenters. The third kappa shape index (κ3) is 2.99. The zero-order chi connectivity index (χ0) is 18.1. The molecule has 0 fully saturated rings. The van der Waals surface area contributed by atoms with Crippen LogP contribution < -0.4 is 5.63 Å². The number of aromatic hydroxyl groups is 1. The van der Waals surface area contributed by atoms with Crippen molar-refractivity contribution in [2.24, 2.45) is 0 Å². The molecule has 3 aromatic heterocycles. The lowest BCUT2D eigenvalue weighted by Crippen LogP contribution is -2.01. The predicted octanol–water partition coefficient (Wildman–Crippen LogP) is 3.66. The maximum absolute atomic E-state index is 11.8. The van der Waals surface area contributed by atoms with E-state index in [-0.39, 0.29) is 5.75 Å². The normalized spacial score (nSPS) is 11.3. The third-order valence-corrected chi connectivity index (χ3v) is 4.96. The Morgan fingerprint density at radius 1 is 1.23 bits per heavy atom. The van der Waals surface area contributed by atoms with E-state index in [1.807, 2.05) is 23.6 Å². The van der Waals surface area contributed by atoms with E-state index in [0.29, 0.717) is 29.5 Å². The average molecular weight is 369 g/mol. The summed E-state index contributed by atoms with van der Waals surface area (Å²) >= 11 is 1.48. The smallest absolute Gasteiger partial charge is 0.336 e. The minimum atomic E-state index is -0.452. The molecule has 0 saturated heterocycles. The van der Waals surface area contributed by atoms with Crippen molar-refractivity contribution in [1.82, 2.24) is 14.8 Å². The van der Waals surface area contributed by atoms with Crippen molar-refractivity contribution in [3.05, 3.63) is 58.6 Å². The molecule has 0 amide bonds. The monoisotopic (exact) mass is 369 g/mol. The summed E-state index contributed by atoms with van der Waals surface area (Å²) in [6.45, 7) is 2.70. The van der Waals surface area contributed by atoms with Gasteiger partial charge >= 0.3 is 5.63 Å². The molecule has 0 unspecified atom stereocenters. The fourth-order valence-corrected chi connectivity index (χ4v) is 3.74. The minimum absolute atomic E-state index is 0.0549. The molecule has 26 heavy (non-hydrogen) atoms. The molecule has 8 heteroatoms. The minimum Gasteiger partial charge on any atom is -0.508 e. The SMILES string of the molecule is CCn1c(SCc2cc(=O)oc3cc(O)ccc23)nnc1-c1ccco1. The van der Waals surface area contributed by atoms with Gasteiger partial charge in [-0.15, -0.1) is 10.2 Å². The highest BCUT2D eigenvalue weighted by molar-refractivity contribution is 7.98. The first-order chi connectivity index (χ1) is 12.7. The summed E-state index contributed by atoms with van der Waals surface area (Å²) in [4.78, 5) is 11.8. The molecule has 0 spiro atoms. The molecular formula is C18H15N3O4S. The number of phenolic OH excluding ortho intramolecular Hbond substituents is 1. The van der Waals surface area contributed by atoms with Gasteiger partial charge in [-0.2, -0.15) is 0 Å². The number of thioether (sulfide) groups is 1. The summed E-state index contributed by atoms with van der Waals surface area (Å²) in [5.41, 5.74) is 0.722. The Balaban J connectivity index is 1.66. The van der Waals surface area contributed by atoms with E-state index < -0.39 is 5.63 Å². The van der Waals surface area contributed by atoms with Gasteiger partial charge in [-0.05, 0) is 36.8 Å². The molecular weight excluding hydrogens is 354 g/mol. The Morgan fingerprint density at radius 2 is 2.12 bits per heavy atom. The van der Waals surface area contributed by atoms with Crippen molar-refractivity contribution in [3.8, 4) is 17.3 Å². The van der Waals surface area contributed by atoms with E-state index in [9.17, 15) is 9.90 Å². The van der Waals surface area contributed by atoms with Crippen LogP contribution in [0.2, 0.25) is 0 Å². The number of nitrogens with zero attached hydrogens (tertiary/aromatic N) is 3. The molecule has 3 heterocycles. The maximum atomic E-state index is 11.8. The molecule has 1 aromatic carbocycles. The number of hydrogen-bond acceptors (Lipinski definition) is 7. The molecule has 0 aliphatic carbocycles. The van der Waals surface area contributed by atoms with Crippen molar-refractivity contribution >= 4 is 22.7 Å². The molecule has 0 aliphatic rings. The number of phenols is 1. The lowest BCUT2D eigenvalue weighted by Gasteiger charge is -2.07. The van der Waals surface area contributed by atoms with Crippen molar-refractivity contribution in [1.29, 1.82) is 0 Å². The first-order valence-electron chi connectivity index (χ1n) is 8.01. The summed E-state index contributed by atoms with van der Waals surface area (Å²) in [5.74, 6) is 1.90. The van der Waals surface area contributed by atoms with Crippen LogP contribution in [0.15, 0.2) is 61.4 Å². The predicted molar refractivity (Wildman–Crippen MR) is 97.1 cm³/mol. The molecule has 0 radical (unpaired) electrons. The van der Waals surface area contributed by atoms with Crippen LogP contribution in [0.4, 0.5) is 0 Å². The summed E-state index contributed by atoms with van der Waals surface area (Å²) in [5, 5.41) is 19.6. The van der Waals surface area contributed by atoms with Crippen LogP contribution >= 0.6 is 11.8 Å². The number of furan rings is 1. The van der Waals surface area contributed by atoms with Gasteiger partial charge in [0.1, 0.15) is 11.3 Å². The molecule has 7 nitrogen and oxygen atoms in total. The van der Waals surface area contributed by atoms with Crippen LogP contribution in [0, 0.1) is 0 Å². The van der Waals surface area contributed by atoms with E-state index in [2.05, 4.69) is 10.2 Å². The van der Waals surface area contributed by atoms with Gasteiger partial charge in [-0.25, -0.2) is 4.79 Å². The van der Waals surface area contributed by atoms with Gasteiger partial charge in [0.25, 0.3) is 0 Å². The van der Waals surface area contributed by atoms with Gasteiger partial charge in [-0.1, -0.05) is 11.8 Å². The van der Waals surface area contributed by atoms with E-state index >= 15 is 0 Å². The van der Waals surface area contributed by atoms with Crippen LogP contribution in [0.25, 0.3) is 22.6 Å². The molecule has 1 N–H and O–H groups in total. The summed E-state index contributed by atoms with van der Waals surface area (Å²) in [6, 6.07) is 9.86. The number of rotatable bonds is 5. The highest BCUT2D eigenvalue weighted by atomic mass is 32.2. The van der Waals surface area contributed by atoms with Gasteiger partial charge in [-0.3, -0.25) is 4.57 Å². The summed E-state index contributed by atoms with van der Waals surface area (Å²) < 4.78 is 12.5. The summed E-state index contributed by atoms with van der Waals surface area (Å²) in [6.07, 6.45) is 1.60. The van der Waals surface area contributed by atoms with Crippen molar-refractivity contribution < 1.29 is 13.9 Å². The quantitative estimate of drug-likeness (QED) is 0.424. The van der Waals surface area contributed by atoms with Crippen molar-refractivity contribution in [3.63, 3.8) is 0 Å². The highest BCUT2D eigenvalue weighted by Gasteiger charge is 2.16. The zero-order valence-electron chi connectivity index (χ0n) is 13.9. The maximum Gasteiger partial charge on any atom is 0.336 e. The van der Waals surface area contributed by atoms with Crippen LogP contribution in [0.5, 0.6) is 5.75 Å². The Kier molecular flexibility index (Phi) is 4.26. The topological polar surface area (TPSA) is 94.3 Å². The molecule has 0 saturated carbocycles.